The molecule has 0 amide bonds. The highest BCUT2D eigenvalue weighted by Crippen LogP contribution is 2.37. The molecule has 0 spiro atoms. The topological polar surface area (TPSA) is 21.7 Å². The number of pyridine rings is 1. The van der Waals surface area contributed by atoms with Gasteiger partial charge >= 0.3 is 5.82 Å². The van der Waals surface area contributed by atoms with Gasteiger partial charge in [-0.15, -0.1) is 0 Å². The molecule has 3 heteroatoms. The lowest BCUT2D eigenvalue weighted by molar-refractivity contribution is -0.665. The summed E-state index contributed by atoms with van der Waals surface area (Å²) in [5.41, 5.74) is 7.89. The van der Waals surface area contributed by atoms with E-state index in [0.717, 1.165) is 40.7 Å². The maximum Gasteiger partial charge on any atom is 0.314 e. The second-order valence-electron chi connectivity index (χ2n) is 8.71. The highest BCUT2D eigenvalue weighted by atomic mass is 15.2. The van der Waals surface area contributed by atoms with Crippen LogP contribution in [0.25, 0.3) is 39.7 Å². The fraction of sp³-hybridized carbons (Fsp3) is 0.0303. The van der Waals surface area contributed by atoms with E-state index in [1.165, 1.54) is 11.1 Å². The molecule has 2 aromatic heterocycles. The highest BCUT2D eigenvalue weighted by molar-refractivity contribution is 5.80. The molecule has 6 rings (SSSR count). The Labute approximate surface area is 211 Å². The van der Waals surface area contributed by atoms with E-state index in [-0.39, 0.29) is 0 Å². The largest absolute Gasteiger partial charge is 0.314 e. The van der Waals surface area contributed by atoms with E-state index < -0.39 is 0 Å². The van der Waals surface area contributed by atoms with Crippen molar-refractivity contribution in [2.75, 3.05) is 0 Å². The van der Waals surface area contributed by atoms with Crippen LogP contribution in [0.4, 0.5) is 0 Å². The number of para-hydroxylation sites is 1. The lowest BCUT2D eigenvalue weighted by atomic mass is 10.0. The predicted molar refractivity (Wildman–Crippen MR) is 146 cm³/mol. The molecule has 0 aliphatic heterocycles. The molecule has 0 aliphatic rings. The monoisotopic (exact) mass is 464 g/mol. The standard InChI is InChI=1S/C33H26N3/c1-5-15-26(16-6-1)25-35-31(27-17-7-2-8-18-27)32(28-19-9-3-10-20-28)36(29-21-11-4-12-22-29)33(35)30-23-13-14-24-34-30/h1-24H,25H2/q+1. The molecule has 0 atom stereocenters. The number of nitrogens with zero attached hydrogens (tertiary/aromatic N) is 3. The fourth-order valence-electron chi connectivity index (χ4n) is 4.81. The van der Waals surface area contributed by atoms with Crippen LogP contribution in [0, 0.1) is 0 Å². The van der Waals surface area contributed by atoms with Gasteiger partial charge in [0, 0.05) is 17.3 Å². The Morgan fingerprint density at radius 3 is 1.72 bits per heavy atom. The third kappa shape index (κ3) is 4.12. The Balaban J connectivity index is 1.78. The molecular weight excluding hydrogens is 438 g/mol. The summed E-state index contributed by atoms with van der Waals surface area (Å²) in [5.74, 6) is 1.04. The third-order valence-corrected chi connectivity index (χ3v) is 6.37. The van der Waals surface area contributed by atoms with Gasteiger partial charge in [0.2, 0.25) is 0 Å². The summed E-state index contributed by atoms with van der Waals surface area (Å²) < 4.78 is 4.78. The molecule has 2 heterocycles. The minimum absolute atomic E-state index is 0.719. The fourth-order valence-corrected chi connectivity index (χ4v) is 4.81. The number of rotatable bonds is 6. The van der Waals surface area contributed by atoms with Crippen LogP contribution in [-0.4, -0.2) is 9.55 Å². The zero-order valence-corrected chi connectivity index (χ0v) is 19.9. The van der Waals surface area contributed by atoms with Crippen molar-refractivity contribution in [3.63, 3.8) is 0 Å². The highest BCUT2D eigenvalue weighted by Gasteiger charge is 2.35. The zero-order chi connectivity index (χ0) is 24.2. The van der Waals surface area contributed by atoms with E-state index in [4.69, 9.17) is 4.98 Å². The first-order valence-corrected chi connectivity index (χ1v) is 12.2. The molecule has 3 nitrogen and oxygen atoms in total. The average Bonchev–Trinajstić information content (AvgIpc) is 3.30. The Morgan fingerprint density at radius 2 is 1.11 bits per heavy atom. The van der Waals surface area contributed by atoms with Gasteiger partial charge in [0.05, 0.1) is 0 Å². The molecule has 0 aliphatic carbocycles. The normalized spacial score (nSPS) is 10.9. The first-order valence-electron chi connectivity index (χ1n) is 12.2. The quantitative estimate of drug-likeness (QED) is 0.239. The van der Waals surface area contributed by atoms with Crippen molar-refractivity contribution in [2.45, 2.75) is 6.54 Å². The second-order valence-corrected chi connectivity index (χ2v) is 8.71. The summed E-state index contributed by atoms with van der Waals surface area (Å²) in [6.07, 6.45) is 1.87. The van der Waals surface area contributed by atoms with E-state index in [2.05, 4.69) is 143 Å². The summed E-state index contributed by atoms with van der Waals surface area (Å²) >= 11 is 0. The van der Waals surface area contributed by atoms with Gasteiger partial charge in [-0.05, 0) is 29.8 Å². The molecule has 0 bridgehead atoms. The number of hydrogen-bond donors (Lipinski definition) is 0. The van der Waals surface area contributed by atoms with Crippen molar-refractivity contribution in [1.29, 1.82) is 0 Å². The van der Waals surface area contributed by atoms with Crippen molar-refractivity contribution >= 4 is 0 Å². The Hall–Kier alpha value is -4.76. The summed E-state index contributed by atoms with van der Waals surface area (Å²) in [4.78, 5) is 4.84. The van der Waals surface area contributed by atoms with Gasteiger partial charge in [-0.3, -0.25) is 0 Å². The van der Waals surface area contributed by atoms with Crippen molar-refractivity contribution in [3.05, 3.63) is 151 Å². The number of aromatic nitrogens is 3. The Morgan fingerprint density at radius 1 is 0.556 bits per heavy atom. The van der Waals surface area contributed by atoms with Crippen LogP contribution in [0.1, 0.15) is 5.56 Å². The van der Waals surface area contributed by atoms with Gasteiger partial charge in [0.25, 0.3) is 0 Å². The number of benzene rings is 4. The van der Waals surface area contributed by atoms with Gasteiger partial charge in [0.1, 0.15) is 12.2 Å². The van der Waals surface area contributed by atoms with E-state index in [9.17, 15) is 0 Å². The summed E-state index contributed by atoms with van der Waals surface area (Å²) in [6, 6.07) is 48.7. The molecule has 0 saturated carbocycles. The van der Waals surface area contributed by atoms with Gasteiger partial charge < -0.3 is 0 Å². The molecule has 0 radical (unpaired) electrons. The lowest BCUT2D eigenvalue weighted by Crippen LogP contribution is -2.38. The van der Waals surface area contributed by atoms with Crippen LogP contribution in [0.2, 0.25) is 0 Å². The van der Waals surface area contributed by atoms with Crippen molar-refractivity contribution in [1.82, 2.24) is 9.55 Å². The molecule has 0 unspecified atom stereocenters. The summed E-state index contributed by atoms with van der Waals surface area (Å²) in [6.45, 7) is 0.719. The Bertz CT molecular complexity index is 1460. The van der Waals surface area contributed by atoms with E-state index in [1.807, 2.05) is 12.3 Å². The number of hydrogen-bond acceptors (Lipinski definition) is 1. The lowest BCUT2D eigenvalue weighted by Gasteiger charge is -2.07. The maximum atomic E-state index is 4.84. The predicted octanol–water partition coefficient (Wildman–Crippen LogP) is 7.21. The van der Waals surface area contributed by atoms with E-state index >= 15 is 0 Å². The molecule has 172 valence electrons. The molecule has 0 saturated heterocycles. The molecule has 6 aromatic rings. The van der Waals surface area contributed by atoms with Crippen molar-refractivity contribution in [3.8, 4) is 39.7 Å². The van der Waals surface area contributed by atoms with Gasteiger partial charge in [0.15, 0.2) is 17.1 Å². The molecule has 0 N–H and O–H groups in total. The smallest absolute Gasteiger partial charge is 0.248 e. The van der Waals surface area contributed by atoms with Crippen LogP contribution in [0.3, 0.4) is 0 Å². The minimum atomic E-state index is 0.719. The third-order valence-electron chi connectivity index (χ3n) is 6.37. The van der Waals surface area contributed by atoms with Gasteiger partial charge in [-0.2, -0.15) is 4.57 Å². The zero-order valence-electron chi connectivity index (χ0n) is 19.9. The SMILES string of the molecule is c1ccc(C[n+]2c(-c3ccccc3)c(-c3ccccc3)n(-c3ccccc3)c2-c2ccccn2)cc1. The van der Waals surface area contributed by atoms with Gasteiger partial charge in [-0.25, -0.2) is 9.55 Å². The van der Waals surface area contributed by atoms with Crippen LogP contribution in [0.5, 0.6) is 0 Å². The average molecular weight is 465 g/mol. The van der Waals surface area contributed by atoms with Crippen LogP contribution in [0.15, 0.2) is 146 Å². The number of imidazole rings is 1. The minimum Gasteiger partial charge on any atom is -0.248 e. The molecule has 4 aromatic carbocycles. The van der Waals surface area contributed by atoms with Crippen molar-refractivity contribution < 1.29 is 4.57 Å². The second kappa shape index (κ2) is 9.85. The van der Waals surface area contributed by atoms with Crippen LogP contribution in [-0.2, 0) is 6.54 Å². The van der Waals surface area contributed by atoms with Crippen molar-refractivity contribution in [2.24, 2.45) is 0 Å². The Kier molecular flexibility index (Phi) is 5.95. The van der Waals surface area contributed by atoms with Crippen LogP contribution >= 0.6 is 0 Å². The maximum absolute atomic E-state index is 4.84. The van der Waals surface area contributed by atoms with E-state index in [1.54, 1.807) is 0 Å². The molecule has 36 heavy (non-hydrogen) atoms. The summed E-state index contributed by atoms with van der Waals surface area (Å²) in [7, 11) is 0. The summed E-state index contributed by atoms with van der Waals surface area (Å²) in [5, 5.41) is 0. The van der Waals surface area contributed by atoms with E-state index in [0.29, 0.717) is 0 Å². The van der Waals surface area contributed by atoms with Gasteiger partial charge in [-0.1, -0.05) is 115 Å². The molecule has 0 fully saturated rings. The van der Waals surface area contributed by atoms with Crippen LogP contribution < -0.4 is 4.57 Å². The first kappa shape index (κ1) is 21.8. The molecular formula is C33H26N3+. The first-order chi connectivity index (χ1) is 17.9.